The number of hydrogen-bond acceptors (Lipinski definition) is 2. The quantitative estimate of drug-likeness (QED) is 0.726. The summed E-state index contributed by atoms with van der Waals surface area (Å²) in [6.45, 7) is 0. The molecule has 0 heterocycles. The third-order valence-corrected chi connectivity index (χ3v) is 2.36. The summed E-state index contributed by atoms with van der Waals surface area (Å²) in [4.78, 5) is -0.0347. The number of benzene rings is 1. The van der Waals surface area contributed by atoms with E-state index in [1.807, 2.05) is 0 Å². The summed E-state index contributed by atoms with van der Waals surface area (Å²) >= 11 is 5.32. The zero-order valence-electron chi connectivity index (χ0n) is 7.06. The van der Waals surface area contributed by atoms with Gasteiger partial charge in [-0.15, -0.1) is 0 Å². The molecular formula is C8H6ClF3OS. The molecule has 14 heavy (non-hydrogen) atoms. The van der Waals surface area contributed by atoms with E-state index in [1.165, 1.54) is 25.3 Å². The molecule has 0 unspecified atom stereocenters. The lowest BCUT2D eigenvalue weighted by atomic mass is 10.3. The van der Waals surface area contributed by atoms with Crippen LogP contribution < -0.4 is 4.74 Å². The Hall–Kier alpha value is -0.550. The van der Waals surface area contributed by atoms with E-state index in [0.717, 1.165) is 0 Å². The summed E-state index contributed by atoms with van der Waals surface area (Å²) in [6, 6.07) is 4.09. The Morgan fingerprint density at radius 2 is 2.00 bits per heavy atom. The fourth-order valence-corrected chi connectivity index (χ4v) is 1.78. The summed E-state index contributed by atoms with van der Waals surface area (Å²) in [6.07, 6.45) is 0. The molecule has 1 rings (SSSR count). The number of methoxy groups -OCH3 is 1. The zero-order chi connectivity index (χ0) is 10.8. The molecule has 0 spiro atoms. The van der Waals surface area contributed by atoms with E-state index in [4.69, 9.17) is 16.3 Å². The van der Waals surface area contributed by atoms with Crippen molar-refractivity contribution in [3.05, 3.63) is 23.2 Å². The van der Waals surface area contributed by atoms with Crippen LogP contribution in [0.25, 0.3) is 0 Å². The van der Waals surface area contributed by atoms with Gasteiger partial charge in [0.25, 0.3) is 0 Å². The third-order valence-electron chi connectivity index (χ3n) is 1.35. The van der Waals surface area contributed by atoms with Gasteiger partial charge in [-0.2, -0.15) is 13.2 Å². The van der Waals surface area contributed by atoms with Crippen molar-refractivity contribution in [2.75, 3.05) is 7.11 Å². The fourth-order valence-electron chi connectivity index (χ4n) is 0.855. The number of rotatable bonds is 2. The maximum atomic E-state index is 12.1. The van der Waals surface area contributed by atoms with Gasteiger partial charge in [0.05, 0.1) is 12.0 Å². The average molecular weight is 243 g/mol. The molecule has 6 heteroatoms. The Labute approximate surface area is 88.2 Å². The van der Waals surface area contributed by atoms with Crippen molar-refractivity contribution < 1.29 is 17.9 Å². The largest absolute Gasteiger partial charge is 0.496 e. The van der Waals surface area contributed by atoms with Crippen molar-refractivity contribution in [2.24, 2.45) is 0 Å². The summed E-state index contributed by atoms with van der Waals surface area (Å²) in [5.74, 6) is 0.164. The van der Waals surface area contributed by atoms with Crippen molar-refractivity contribution in [3.63, 3.8) is 0 Å². The van der Waals surface area contributed by atoms with Crippen LogP contribution in [0.1, 0.15) is 0 Å². The van der Waals surface area contributed by atoms with Crippen molar-refractivity contribution >= 4 is 23.4 Å². The van der Waals surface area contributed by atoms with Gasteiger partial charge in [-0.1, -0.05) is 11.6 Å². The Morgan fingerprint density at radius 3 is 2.50 bits per heavy atom. The highest BCUT2D eigenvalue weighted by Crippen LogP contribution is 2.42. The van der Waals surface area contributed by atoms with Crippen LogP contribution in [0.4, 0.5) is 13.2 Å². The van der Waals surface area contributed by atoms with Gasteiger partial charge in [0, 0.05) is 5.02 Å². The van der Waals surface area contributed by atoms with E-state index in [1.54, 1.807) is 0 Å². The predicted octanol–water partition coefficient (Wildman–Crippen LogP) is 3.96. The van der Waals surface area contributed by atoms with E-state index in [9.17, 15) is 13.2 Å². The van der Waals surface area contributed by atoms with Gasteiger partial charge >= 0.3 is 5.51 Å². The average Bonchev–Trinajstić information content (AvgIpc) is 2.01. The molecule has 0 bridgehead atoms. The molecule has 0 N–H and O–H groups in total. The molecule has 0 atom stereocenters. The predicted molar refractivity (Wildman–Crippen MR) is 49.9 cm³/mol. The first-order valence-corrected chi connectivity index (χ1v) is 4.71. The van der Waals surface area contributed by atoms with Crippen LogP contribution in [0.15, 0.2) is 23.1 Å². The van der Waals surface area contributed by atoms with Crippen LogP contribution in [0, 0.1) is 0 Å². The lowest BCUT2D eigenvalue weighted by molar-refractivity contribution is -0.0328. The number of ether oxygens (including phenoxy) is 1. The molecule has 0 amide bonds. The number of alkyl halides is 3. The second-order valence-corrected chi connectivity index (χ2v) is 3.89. The van der Waals surface area contributed by atoms with E-state index >= 15 is 0 Å². The van der Waals surface area contributed by atoms with Crippen LogP contribution in [-0.4, -0.2) is 12.6 Å². The van der Waals surface area contributed by atoms with Gasteiger partial charge in [-0.3, -0.25) is 0 Å². The van der Waals surface area contributed by atoms with E-state index in [-0.39, 0.29) is 27.4 Å². The molecule has 78 valence electrons. The second kappa shape index (κ2) is 4.31. The van der Waals surface area contributed by atoms with Crippen molar-refractivity contribution in [1.82, 2.24) is 0 Å². The molecular weight excluding hydrogens is 237 g/mol. The Morgan fingerprint density at radius 1 is 1.36 bits per heavy atom. The molecule has 1 aromatic rings. The molecule has 1 aromatic carbocycles. The molecule has 0 aliphatic heterocycles. The monoisotopic (exact) mass is 242 g/mol. The van der Waals surface area contributed by atoms with Gasteiger partial charge < -0.3 is 4.74 Å². The number of thioether (sulfide) groups is 1. The van der Waals surface area contributed by atoms with Crippen LogP contribution in [0.5, 0.6) is 5.75 Å². The molecule has 0 radical (unpaired) electrons. The molecule has 0 saturated heterocycles. The lowest BCUT2D eigenvalue weighted by Gasteiger charge is -2.09. The lowest BCUT2D eigenvalue weighted by Crippen LogP contribution is -2.00. The van der Waals surface area contributed by atoms with Crippen LogP contribution in [0.2, 0.25) is 5.02 Å². The van der Waals surface area contributed by atoms with Crippen molar-refractivity contribution in [1.29, 1.82) is 0 Å². The third kappa shape index (κ3) is 3.31. The van der Waals surface area contributed by atoms with E-state index in [2.05, 4.69) is 0 Å². The normalized spacial score (nSPS) is 11.5. The van der Waals surface area contributed by atoms with Gasteiger partial charge in [0.1, 0.15) is 5.75 Å². The Bertz CT molecular complexity index is 327. The number of halogens is 4. The maximum absolute atomic E-state index is 12.1. The van der Waals surface area contributed by atoms with Gasteiger partial charge in [0.2, 0.25) is 0 Å². The van der Waals surface area contributed by atoms with Gasteiger partial charge in [0.15, 0.2) is 0 Å². The first-order valence-electron chi connectivity index (χ1n) is 3.51. The first-order chi connectivity index (χ1) is 6.42. The van der Waals surface area contributed by atoms with E-state index in [0.29, 0.717) is 0 Å². The van der Waals surface area contributed by atoms with E-state index < -0.39 is 5.51 Å². The fraction of sp³-hybridized carbons (Fsp3) is 0.250. The molecule has 0 aliphatic carbocycles. The second-order valence-electron chi connectivity index (χ2n) is 2.34. The smallest absolute Gasteiger partial charge is 0.446 e. The highest BCUT2D eigenvalue weighted by Gasteiger charge is 2.30. The topological polar surface area (TPSA) is 9.23 Å². The van der Waals surface area contributed by atoms with Crippen LogP contribution >= 0.6 is 23.4 Å². The molecule has 0 aromatic heterocycles. The summed E-state index contributed by atoms with van der Waals surface area (Å²) < 4.78 is 40.9. The minimum Gasteiger partial charge on any atom is -0.496 e. The zero-order valence-corrected chi connectivity index (χ0v) is 8.63. The standard InChI is InChI=1S/C8H6ClF3OS/c1-13-6-3-2-5(9)4-7(6)14-8(10,11)12/h2-4H,1H3. The summed E-state index contributed by atoms with van der Waals surface area (Å²) in [5, 5.41) is 0.248. The van der Waals surface area contributed by atoms with Gasteiger partial charge in [-0.05, 0) is 30.0 Å². The van der Waals surface area contributed by atoms with Gasteiger partial charge in [-0.25, -0.2) is 0 Å². The molecule has 0 saturated carbocycles. The molecule has 1 nitrogen and oxygen atoms in total. The molecule has 0 fully saturated rings. The Kier molecular flexibility index (Phi) is 3.55. The van der Waals surface area contributed by atoms with Crippen LogP contribution in [0.3, 0.4) is 0 Å². The minimum absolute atomic E-state index is 0.0347. The maximum Gasteiger partial charge on any atom is 0.446 e. The van der Waals surface area contributed by atoms with Crippen molar-refractivity contribution in [3.8, 4) is 5.75 Å². The highest BCUT2D eigenvalue weighted by molar-refractivity contribution is 8.00. The molecule has 0 aliphatic rings. The SMILES string of the molecule is COc1ccc(Cl)cc1SC(F)(F)F. The van der Waals surface area contributed by atoms with Crippen molar-refractivity contribution in [2.45, 2.75) is 10.4 Å². The number of hydrogen-bond donors (Lipinski definition) is 0. The minimum atomic E-state index is -4.34. The summed E-state index contributed by atoms with van der Waals surface area (Å²) in [7, 11) is 1.31. The van der Waals surface area contributed by atoms with Crippen LogP contribution in [-0.2, 0) is 0 Å². The first kappa shape index (κ1) is 11.5. The highest BCUT2D eigenvalue weighted by atomic mass is 35.5. The summed E-state index contributed by atoms with van der Waals surface area (Å²) in [5.41, 5.74) is -4.34. The Balaban J connectivity index is 2.99.